The number of nitrogens with one attached hydrogen (secondary N) is 1. The summed E-state index contributed by atoms with van der Waals surface area (Å²) in [7, 11) is 6.16. The van der Waals surface area contributed by atoms with Gasteiger partial charge in [-0.2, -0.15) is 0 Å². The van der Waals surface area contributed by atoms with Gasteiger partial charge in [0.25, 0.3) is 0 Å². The van der Waals surface area contributed by atoms with E-state index in [4.69, 9.17) is 0 Å². The first-order valence-electron chi connectivity index (χ1n) is 6.57. The summed E-state index contributed by atoms with van der Waals surface area (Å²) >= 11 is 0. The van der Waals surface area contributed by atoms with Crippen LogP contribution in [0.25, 0.3) is 0 Å². The van der Waals surface area contributed by atoms with Gasteiger partial charge in [0.1, 0.15) is 5.82 Å². The Kier molecular flexibility index (Phi) is 4.71. The number of imidazole rings is 1. The quantitative estimate of drug-likeness (QED) is 0.858. The van der Waals surface area contributed by atoms with Crippen molar-refractivity contribution in [1.82, 2.24) is 19.8 Å². The van der Waals surface area contributed by atoms with Crippen molar-refractivity contribution in [2.24, 2.45) is 7.05 Å². The molecule has 0 radical (unpaired) electrons. The van der Waals surface area contributed by atoms with Gasteiger partial charge in [-0.25, -0.2) is 4.98 Å². The zero-order valence-electron chi connectivity index (χ0n) is 11.9. The van der Waals surface area contributed by atoms with Crippen molar-refractivity contribution in [2.75, 3.05) is 20.6 Å². The molecule has 0 bridgehead atoms. The van der Waals surface area contributed by atoms with E-state index in [0.29, 0.717) is 6.04 Å². The Balaban J connectivity index is 1.97. The van der Waals surface area contributed by atoms with Crippen LogP contribution in [0, 0.1) is 0 Å². The Hall–Kier alpha value is -1.65. The molecule has 1 atom stereocenters. The molecule has 2 rings (SSSR count). The zero-order valence-corrected chi connectivity index (χ0v) is 11.9. The highest BCUT2D eigenvalue weighted by Gasteiger charge is 2.13. The van der Waals surface area contributed by atoms with Gasteiger partial charge in [-0.05, 0) is 19.7 Å². The van der Waals surface area contributed by atoms with Gasteiger partial charge in [0.05, 0.1) is 6.54 Å². The Morgan fingerprint density at radius 1 is 1.32 bits per heavy atom. The lowest BCUT2D eigenvalue weighted by atomic mass is 10.1. The minimum Gasteiger partial charge on any atom is -0.337 e. The van der Waals surface area contributed by atoms with Crippen LogP contribution in [0.2, 0.25) is 0 Å². The number of aryl methyl sites for hydroxylation is 1. The van der Waals surface area contributed by atoms with Crippen LogP contribution < -0.4 is 5.32 Å². The summed E-state index contributed by atoms with van der Waals surface area (Å²) < 4.78 is 2.06. The molecule has 0 aliphatic rings. The fraction of sp³-hybridized carbons (Fsp3) is 0.400. The van der Waals surface area contributed by atoms with Crippen LogP contribution >= 0.6 is 0 Å². The number of hydrogen-bond donors (Lipinski definition) is 1. The van der Waals surface area contributed by atoms with Gasteiger partial charge in [-0.3, -0.25) is 4.90 Å². The number of aromatic nitrogens is 2. The standard InChI is InChI=1S/C15H22N4/c1-16-14(13-7-5-4-6-8-13)11-18(2)12-15-17-9-10-19(15)3/h4-10,14,16H,11-12H2,1-3H3. The average molecular weight is 258 g/mol. The van der Waals surface area contributed by atoms with Gasteiger partial charge >= 0.3 is 0 Å². The van der Waals surface area contributed by atoms with Crippen molar-refractivity contribution >= 4 is 0 Å². The summed E-state index contributed by atoms with van der Waals surface area (Å²) in [5.41, 5.74) is 1.32. The highest BCUT2D eigenvalue weighted by Crippen LogP contribution is 2.13. The van der Waals surface area contributed by atoms with Crippen molar-refractivity contribution in [1.29, 1.82) is 0 Å². The third-order valence-corrected chi connectivity index (χ3v) is 3.38. The fourth-order valence-electron chi connectivity index (χ4n) is 2.22. The van der Waals surface area contributed by atoms with Crippen molar-refractivity contribution in [2.45, 2.75) is 12.6 Å². The van der Waals surface area contributed by atoms with Gasteiger partial charge in [0, 0.05) is 32.0 Å². The summed E-state index contributed by atoms with van der Waals surface area (Å²) in [5, 5.41) is 3.37. The molecule has 0 spiro atoms. The molecule has 0 saturated carbocycles. The van der Waals surface area contributed by atoms with Gasteiger partial charge < -0.3 is 9.88 Å². The van der Waals surface area contributed by atoms with E-state index in [1.165, 1.54) is 5.56 Å². The number of benzene rings is 1. The van der Waals surface area contributed by atoms with Crippen LogP contribution in [0.3, 0.4) is 0 Å². The normalized spacial score (nSPS) is 12.8. The first kappa shape index (κ1) is 13.8. The molecule has 4 heteroatoms. The average Bonchev–Trinajstić information content (AvgIpc) is 2.82. The SMILES string of the molecule is CNC(CN(C)Cc1nccn1C)c1ccccc1. The van der Waals surface area contributed by atoms with Crippen molar-refractivity contribution < 1.29 is 0 Å². The van der Waals surface area contributed by atoms with Gasteiger partial charge in [-0.15, -0.1) is 0 Å². The van der Waals surface area contributed by atoms with Crippen LogP contribution in [-0.2, 0) is 13.6 Å². The van der Waals surface area contributed by atoms with Crippen LogP contribution in [0.4, 0.5) is 0 Å². The first-order valence-corrected chi connectivity index (χ1v) is 6.57. The molecular weight excluding hydrogens is 236 g/mol. The summed E-state index contributed by atoms with van der Waals surface area (Å²) in [6.45, 7) is 1.81. The van der Waals surface area contributed by atoms with E-state index in [2.05, 4.69) is 51.1 Å². The summed E-state index contributed by atoms with van der Waals surface area (Å²) in [5.74, 6) is 1.09. The van der Waals surface area contributed by atoms with E-state index < -0.39 is 0 Å². The summed E-state index contributed by atoms with van der Waals surface area (Å²) in [4.78, 5) is 6.65. The molecule has 0 amide bonds. The Labute approximate surface area is 115 Å². The number of nitrogens with zero attached hydrogens (tertiary/aromatic N) is 3. The minimum atomic E-state index is 0.339. The van der Waals surface area contributed by atoms with E-state index >= 15 is 0 Å². The van der Waals surface area contributed by atoms with Gasteiger partial charge in [0.2, 0.25) is 0 Å². The second kappa shape index (κ2) is 6.50. The van der Waals surface area contributed by atoms with Crippen molar-refractivity contribution in [3.05, 3.63) is 54.1 Å². The Morgan fingerprint density at radius 2 is 2.05 bits per heavy atom. The van der Waals surface area contributed by atoms with Crippen LogP contribution in [0.1, 0.15) is 17.4 Å². The van der Waals surface area contributed by atoms with Gasteiger partial charge in [0.15, 0.2) is 0 Å². The molecule has 0 aliphatic heterocycles. The maximum Gasteiger partial charge on any atom is 0.122 e. The number of hydrogen-bond acceptors (Lipinski definition) is 3. The smallest absolute Gasteiger partial charge is 0.122 e. The molecule has 2 aromatic rings. The predicted octanol–water partition coefficient (Wildman–Crippen LogP) is 1.81. The summed E-state index contributed by atoms with van der Waals surface area (Å²) in [6, 6.07) is 10.9. The second-order valence-electron chi connectivity index (χ2n) is 4.90. The highest BCUT2D eigenvalue weighted by atomic mass is 15.2. The van der Waals surface area contributed by atoms with Gasteiger partial charge in [-0.1, -0.05) is 30.3 Å². The predicted molar refractivity (Wildman–Crippen MR) is 77.8 cm³/mol. The Bertz CT molecular complexity index is 492. The lowest BCUT2D eigenvalue weighted by molar-refractivity contribution is 0.280. The maximum absolute atomic E-state index is 4.36. The molecule has 4 nitrogen and oxygen atoms in total. The lowest BCUT2D eigenvalue weighted by Gasteiger charge is -2.24. The summed E-state index contributed by atoms with van der Waals surface area (Å²) in [6.07, 6.45) is 3.83. The molecular formula is C15H22N4. The van der Waals surface area contributed by atoms with Crippen LogP contribution in [0.5, 0.6) is 0 Å². The van der Waals surface area contributed by atoms with E-state index in [-0.39, 0.29) is 0 Å². The van der Waals surface area contributed by atoms with Crippen LogP contribution in [-0.4, -0.2) is 35.1 Å². The third-order valence-electron chi connectivity index (χ3n) is 3.38. The molecule has 1 N–H and O–H groups in total. The molecule has 0 aliphatic carbocycles. The molecule has 102 valence electrons. The monoisotopic (exact) mass is 258 g/mol. The molecule has 1 aromatic heterocycles. The molecule has 1 unspecified atom stereocenters. The topological polar surface area (TPSA) is 33.1 Å². The van der Waals surface area contributed by atoms with E-state index in [0.717, 1.165) is 18.9 Å². The lowest BCUT2D eigenvalue weighted by Crippen LogP contribution is -2.31. The van der Waals surface area contributed by atoms with E-state index in [1.54, 1.807) is 0 Å². The molecule has 0 fully saturated rings. The van der Waals surface area contributed by atoms with Crippen molar-refractivity contribution in [3.8, 4) is 0 Å². The van der Waals surface area contributed by atoms with Crippen molar-refractivity contribution in [3.63, 3.8) is 0 Å². The largest absolute Gasteiger partial charge is 0.337 e. The minimum absolute atomic E-state index is 0.339. The highest BCUT2D eigenvalue weighted by molar-refractivity contribution is 5.19. The zero-order chi connectivity index (χ0) is 13.7. The van der Waals surface area contributed by atoms with E-state index in [9.17, 15) is 0 Å². The number of rotatable bonds is 6. The first-order chi connectivity index (χ1) is 9.20. The molecule has 19 heavy (non-hydrogen) atoms. The number of likely N-dealkylation sites (N-methyl/N-ethyl adjacent to an activating group) is 2. The fourth-order valence-corrected chi connectivity index (χ4v) is 2.22. The van der Waals surface area contributed by atoms with Crippen LogP contribution in [0.15, 0.2) is 42.7 Å². The molecule has 1 heterocycles. The third kappa shape index (κ3) is 3.66. The molecule has 0 saturated heterocycles. The molecule has 1 aromatic carbocycles. The maximum atomic E-state index is 4.36. The van der Waals surface area contributed by atoms with E-state index in [1.807, 2.05) is 32.6 Å². The second-order valence-corrected chi connectivity index (χ2v) is 4.90. The Morgan fingerprint density at radius 3 is 2.63 bits per heavy atom.